The number of carbonyl (C=O) groups excluding carboxylic acids is 1. The average Bonchev–Trinajstić information content (AvgIpc) is 3.34. The first-order valence-corrected chi connectivity index (χ1v) is 10.7. The van der Waals surface area contributed by atoms with Crippen molar-refractivity contribution < 1.29 is 19.4 Å². The van der Waals surface area contributed by atoms with E-state index in [-0.39, 0.29) is 23.8 Å². The molecule has 29 heavy (non-hydrogen) atoms. The van der Waals surface area contributed by atoms with Crippen molar-refractivity contribution >= 4 is 22.4 Å². The van der Waals surface area contributed by atoms with Crippen LogP contribution in [-0.4, -0.2) is 34.2 Å². The molecule has 1 fully saturated rings. The average molecular weight is 416 g/mol. The van der Waals surface area contributed by atoms with E-state index in [1.54, 1.807) is 24.6 Å². The Morgan fingerprint density at radius 2 is 2.14 bits per heavy atom. The number of ether oxygens (including phenoxy) is 2. The molecule has 0 radical (unpaired) electrons. The van der Waals surface area contributed by atoms with Gasteiger partial charge in [-0.1, -0.05) is 18.3 Å². The highest BCUT2D eigenvalue weighted by molar-refractivity contribution is 7.16. The summed E-state index contributed by atoms with van der Waals surface area (Å²) in [6, 6.07) is 3.53. The first-order valence-electron chi connectivity index (χ1n) is 9.85. The summed E-state index contributed by atoms with van der Waals surface area (Å²) in [5.74, 6) is -0.0246. The lowest BCUT2D eigenvalue weighted by molar-refractivity contribution is 0.00702. The predicted octanol–water partition coefficient (Wildman–Crippen LogP) is 3.78. The molecule has 0 spiro atoms. The van der Waals surface area contributed by atoms with Gasteiger partial charge in [-0.15, -0.1) is 0 Å². The van der Waals surface area contributed by atoms with Gasteiger partial charge in [-0.3, -0.25) is 15.1 Å². The van der Waals surface area contributed by atoms with Crippen molar-refractivity contribution in [3.8, 4) is 0 Å². The van der Waals surface area contributed by atoms with Crippen LogP contribution >= 0.6 is 11.3 Å². The van der Waals surface area contributed by atoms with Crippen LogP contribution in [0.3, 0.4) is 0 Å². The lowest BCUT2D eigenvalue weighted by atomic mass is 9.91. The van der Waals surface area contributed by atoms with Gasteiger partial charge in [-0.05, 0) is 43.9 Å². The van der Waals surface area contributed by atoms with Crippen molar-refractivity contribution in [3.05, 3.63) is 52.5 Å². The molecule has 8 heteroatoms. The normalized spacial score (nSPS) is 23.0. The van der Waals surface area contributed by atoms with E-state index in [2.05, 4.69) is 15.3 Å². The minimum absolute atomic E-state index is 0.109. The SMILES string of the molecule is Cc1ccc(C(=O)Nc2nc(C3OC=CC3C)c(C(O)C3CCOCC3)s2)cn1. The Kier molecular flexibility index (Phi) is 5.94. The van der Waals surface area contributed by atoms with Crippen LogP contribution in [0.1, 0.15) is 58.6 Å². The largest absolute Gasteiger partial charge is 0.491 e. The Balaban J connectivity index is 1.60. The molecule has 0 bridgehead atoms. The number of rotatable bonds is 5. The number of thiazole rings is 1. The number of nitrogens with zero attached hydrogens (tertiary/aromatic N) is 2. The first kappa shape index (κ1) is 20.0. The van der Waals surface area contributed by atoms with Gasteiger partial charge in [0.05, 0.1) is 22.8 Å². The number of aromatic nitrogens is 2. The quantitative estimate of drug-likeness (QED) is 0.772. The third-order valence-electron chi connectivity index (χ3n) is 5.41. The third-order valence-corrected chi connectivity index (χ3v) is 6.47. The second kappa shape index (κ2) is 8.61. The highest BCUT2D eigenvalue weighted by Crippen LogP contribution is 2.43. The van der Waals surface area contributed by atoms with Crippen LogP contribution in [0.4, 0.5) is 5.13 Å². The van der Waals surface area contributed by atoms with E-state index in [1.165, 1.54) is 11.3 Å². The molecular formula is C21H25N3O4S. The molecule has 3 unspecified atom stereocenters. The molecule has 2 N–H and O–H groups in total. The summed E-state index contributed by atoms with van der Waals surface area (Å²) in [6.45, 7) is 5.22. The lowest BCUT2D eigenvalue weighted by Gasteiger charge is -2.27. The Morgan fingerprint density at radius 1 is 1.34 bits per heavy atom. The summed E-state index contributed by atoms with van der Waals surface area (Å²) in [7, 11) is 0. The molecule has 154 valence electrons. The number of pyridine rings is 1. The minimum atomic E-state index is -0.658. The maximum absolute atomic E-state index is 12.6. The number of hydrogen-bond donors (Lipinski definition) is 2. The number of anilines is 1. The van der Waals surface area contributed by atoms with Gasteiger partial charge in [-0.2, -0.15) is 0 Å². The van der Waals surface area contributed by atoms with E-state index in [4.69, 9.17) is 9.47 Å². The number of aliphatic hydroxyl groups is 1. The van der Waals surface area contributed by atoms with Crippen LogP contribution < -0.4 is 5.32 Å². The summed E-state index contributed by atoms with van der Waals surface area (Å²) >= 11 is 1.31. The van der Waals surface area contributed by atoms with Crippen LogP contribution in [0.25, 0.3) is 0 Å². The molecule has 7 nitrogen and oxygen atoms in total. The maximum Gasteiger partial charge on any atom is 0.259 e. The van der Waals surface area contributed by atoms with E-state index in [0.717, 1.165) is 23.4 Å². The zero-order chi connectivity index (χ0) is 20.4. The van der Waals surface area contributed by atoms with Gasteiger partial charge >= 0.3 is 0 Å². The number of aliphatic hydroxyl groups excluding tert-OH is 1. The van der Waals surface area contributed by atoms with E-state index in [9.17, 15) is 9.90 Å². The minimum Gasteiger partial charge on any atom is -0.491 e. The van der Waals surface area contributed by atoms with Gasteiger partial charge in [0.1, 0.15) is 11.8 Å². The molecule has 3 atom stereocenters. The molecule has 4 rings (SSSR count). The van der Waals surface area contributed by atoms with Crippen molar-refractivity contribution in [3.63, 3.8) is 0 Å². The summed E-state index contributed by atoms with van der Waals surface area (Å²) in [4.78, 5) is 22.2. The van der Waals surface area contributed by atoms with Gasteiger partial charge in [-0.25, -0.2) is 4.98 Å². The number of amides is 1. The van der Waals surface area contributed by atoms with E-state index >= 15 is 0 Å². The highest BCUT2D eigenvalue weighted by Gasteiger charge is 2.34. The first-order chi connectivity index (χ1) is 14.0. The summed E-state index contributed by atoms with van der Waals surface area (Å²) in [6.07, 6.45) is 5.88. The number of aryl methyl sites for hydroxylation is 1. The Labute approximate surface area is 173 Å². The van der Waals surface area contributed by atoms with Crippen LogP contribution in [0, 0.1) is 18.8 Å². The maximum atomic E-state index is 12.6. The van der Waals surface area contributed by atoms with Crippen LogP contribution in [0.5, 0.6) is 0 Å². The molecule has 1 saturated heterocycles. The van der Waals surface area contributed by atoms with E-state index in [1.807, 2.05) is 19.9 Å². The Morgan fingerprint density at radius 3 is 2.79 bits per heavy atom. The molecule has 0 aromatic carbocycles. The van der Waals surface area contributed by atoms with Crippen molar-refractivity contribution in [1.29, 1.82) is 0 Å². The van der Waals surface area contributed by atoms with E-state index in [0.29, 0.717) is 29.6 Å². The zero-order valence-corrected chi connectivity index (χ0v) is 17.3. The number of carbonyl (C=O) groups is 1. The molecule has 2 aliphatic heterocycles. The summed E-state index contributed by atoms with van der Waals surface area (Å²) in [5, 5.41) is 14.4. The van der Waals surface area contributed by atoms with Crippen molar-refractivity contribution in [2.45, 2.75) is 38.9 Å². The second-order valence-corrected chi connectivity index (χ2v) is 8.58. The molecule has 2 aromatic heterocycles. The fourth-order valence-electron chi connectivity index (χ4n) is 3.62. The smallest absolute Gasteiger partial charge is 0.259 e. The van der Waals surface area contributed by atoms with Gasteiger partial charge in [0.25, 0.3) is 5.91 Å². The monoisotopic (exact) mass is 415 g/mol. The van der Waals surface area contributed by atoms with Gasteiger partial charge in [0, 0.05) is 31.0 Å². The number of nitrogens with one attached hydrogen (secondary N) is 1. The lowest BCUT2D eigenvalue weighted by Crippen LogP contribution is -2.22. The fraction of sp³-hybridized carbons (Fsp3) is 0.476. The Hall–Kier alpha value is -2.29. The summed E-state index contributed by atoms with van der Waals surface area (Å²) in [5.41, 5.74) is 2.01. The Bertz CT molecular complexity index is 890. The fourth-order valence-corrected chi connectivity index (χ4v) is 4.70. The van der Waals surface area contributed by atoms with E-state index < -0.39 is 6.10 Å². The molecule has 0 saturated carbocycles. The van der Waals surface area contributed by atoms with Crippen molar-refractivity contribution in [2.75, 3.05) is 18.5 Å². The standard InChI is InChI=1S/C21H25N3O4S/c1-12-5-10-28-18(12)16-19(17(25)14-6-8-27-9-7-14)29-21(23-16)24-20(26)15-4-3-13(2)22-11-15/h3-5,10-12,14,17-18,25H,6-9H2,1-2H3,(H,23,24,26). The molecule has 2 aromatic rings. The van der Waals surface area contributed by atoms with Gasteiger partial charge in [0.2, 0.25) is 0 Å². The zero-order valence-electron chi connectivity index (χ0n) is 16.5. The van der Waals surface area contributed by atoms with Crippen LogP contribution in [0.15, 0.2) is 30.7 Å². The second-order valence-electron chi connectivity index (χ2n) is 7.55. The molecule has 1 amide bonds. The van der Waals surface area contributed by atoms with Crippen molar-refractivity contribution in [2.24, 2.45) is 11.8 Å². The third kappa shape index (κ3) is 4.34. The van der Waals surface area contributed by atoms with Crippen LogP contribution in [0.2, 0.25) is 0 Å². The van der Waals surface area contributed by atoms with Crippen molar-refractivity contribution in [1.82, 2.24) is 9.97 Å². The molecular weight excluding hydrogens is 390 g/mol. The topological polar surface area (TPSA) is 93.6 Å². The molecule has 4 heterocycles. The molecule has 0 aliphatic carbocycles. The predicted molar refractivity (Wildman–Crippen MR) is 110 cm³/mol. The van der Waals surface area contributed by atoms with Gasteiger partial charge < -0.3 is 14.6 Å². The summed E-state index contributed by atoms with van der Waals surface area (Å²) < 4.78 is 11.2. The molecule has 2 aliphatic rings. The van der Waals surface area contributed by atoms with Crippen LogP contribution in [-0.2, 0) is 9.47 Å². The van der Waals surface area contributed by atoms with Gasteiger partial charge in [0.15, 0.2) is 5.13 Å². The highest BCUT2D eigenvalue weighted by atomic mass is 32.1. The number of hydrogen-bond acceptors (Lipinski definition) is 7.